The zero-order valence-corrected chi connectivity index (χ0v) is 21.5. The molecule has 0 saturated carbocycles. The quantitative estimate of drug-likeness (QED) is 0.329. The van der Waals surface area contributed by atoms with Crippen LogP contribution in [0.1, 0.15) is 22.6 Å². The lowest BCUT2D eigenvalue weighted by molar-refractivity contribution is -0.0592. The molecule has 2 aliphatic heterocycles. The molecule has 0 bridgehead atoms. The first-order chi connectivity index (χ1) is 19.1. The van der Waals surface area contributed by atoms with Crippen molar-refractivity contribution in [2.24, 2.45) is 0 Å². The van der Waals surface area contributed by atoms with Gasteiger partial charge in [0, 0.05) is 43.7 Å². The summed E-state index contributed by atoms with van der Waals surface area (Å²) in [5.41, 5.74) is 3.64. The SMILES string of the molecule is O=C(O)c1ccc2nc(CN3CCN(c4ccc5cc(-c6ccccc6)oc5n4)CC3)n(C[C@@H]3CCO3)c2c1. The van der Waals surface area contributed by atoms with Gasteiger partial charge in [0.05, 0.1) is 35.8 Å². The predicted octanol–water partition coefficient (Wildman–Crippen LogP) is 4.65. The molecule has 198 valence electrons. The van der Waals surface area contributed by atoms with Crippen molar-refractivity contribution in [1.29, 1.82) is 0 Å². The third-order valence-electron chi connectivity index (χ3n) is 7.74. The van der Waals surface area contributed by atoms with E-state index in [0.29, 0.717) is 18.8 Å². The molecule has 2 aliphatic rings. The van der Waals surface area contributed by atoms with E-state index >= 15 is 0 Å². The molecule has 0 radical (unpaired) electrons. The molecule has 1 N–H and O–H groups in total. The van der Waals surface area contributed by atoms with Crippen LogP contribution in [0.2, 0.25) is 0 Å². The highest BCUT2D eigenvalue weighted by Crippen LogP contribution is 2.29. The number of carboxylic acid groups (broad SMARTS) is 1. The molecular weight excluding hydrogens is 494 g/mol. The van der Waals surface area contributed by atoms with Gasteiger partial charge in [-0.15, -0.1) is 0 Å². The standard InChI is InChI=1S/C30H29N5O4/c36-30(37)22-6-8-24-25(16-22)35(18-23-10-15-38-23)28(31-24)19-33-11-13-34(14-12-33)27-9-7-21-17-26(39-29(21)32-27)20-4-2-1-3-5-20/h1-9,16-17,23H,10-15,18-19H2,(H,36,37)/t23-/m0/s1. The number of pyridine rings is 1. The van der Waals surface area contributed by atoms with E-state index < -0.39 is 5.97 Å². The van der Waals surface area contributed by atoms with Crippen LogP contribution in [0.15, 0.2) is 71.1 Å². The number of ether oxygens (including phenoxy) is 1. The number of fused-ring (bicyclic) bond motifs is 2. The molecule has 7 rings (SSSR count). The predicted molar refractivity (Wildman–Crippen MR) is 148 cm³/mol. The van der Waals surface area contributed by atoms with Gasteiger partial charge < -0.3 is 23.7 Å². The maximum atomic E-state index is 11.6. The van der Waals surface area contributed by atoms with Gasteiger partial charge in [0.25, 0.3) is 0 Å². The lowest BCUT2D eigenvalue weighted by Gasteiger charge is -2.35. The number of carboxylic acids is 1. The number of anilines is 1. The molecule has 2 saturated heterocycles. The Morgan fingerprint density at radius 2 is 1.79 bits per heavy atom. The molecular formula is C30H29N5O4. The fourth-order valence-corrected chi connectivity index (χ4v) is 5.43. The van der Waals surface area contributed by atoms with Crippen molar-refractivity contribution in [2.45, 2.75) is 25.6 Å². The summed E-state index contributed by atoms with van der Waals surface area (Å²) < 4.78 is 13.9. The van der Waals surface area contributed by atoms with E-state index in [-0.39, 0.29) is 11.7 Å². The molecule has 3 aromatic heterocycles. The zero-order chi connectivity index (χ0) is 26.3. The van der Waals surface area contributed by atoms with Crippen molar-refractivity contribution in [1.82, 2.24) is 19.4 Å². The maximum absolute atomic E-state index is 11.6. The second kappa shape index (κ2) is 9.83. The van der Waals surface area contributed by atoms with E-state index in [0.717, 1.165) is 78.6 Å². The number of benzene rings is 2. The van der Waals surface area contributed by atoms with Crippen LogP contribution in [0, 0.1) is 0 Å². The number of hydrogen-bond acceptors (Lipinski definition) is 7. The van der Waals surface area contributed by atoms with E-state index in [9.17, 15) is 9.90 Å². The van der Waals surface area contributed by atoms with Gasteiger partial charge >= 0.3 is 5.97 Å². The lowest BCUT2D eigenvalue weighted by Crippen LogP contribution is -2.46. The van der Waals surface area contributed by atoms with Crippen molar-refractivity contribution < 1.29 is 19.1 Å². The Morgan fingerprint density at radius 1 is 0.974 bits per heavy atom. The van der Waals surface area contributed by atoms with Gasteiger partial charge in [-0.1, -0.05) is 30.3 Å². The number of carbonyl (C=O) groups is 1. The molecule has 0 amide bonds. The summed E-state index contributed by atoms with van der Waals surface area (Å²) in [6.45, 7) is 5.60. The third kappa shape index (κ3) is 4.64. The Morgan fingerprint density at radius 3 is 2.54 bits per heavy atom. The van der Waals surface area contributed by atoms with E-state index in [1.165, 1.54) is 0 Å². The van der Waals surface area contributed by atoms with Gasteiger partial charge in [-0.2, -0.15) is 4.98 Å². The van der Waals surface area contributed by atoms with Gasteiger partial charge in [0.1, 0.15) is 17.4 Å². The summed E-state index contributed by atoms with van der Waals surface area (Å²) in [6.07, 6.45) is 1.16. The Hall–Kier alpha value is -4.21. The molecule has 0 spiro atoms. The largest absolute Gasteiger partial charge is 0.478 e. The number of furan rings is 1. The van der Waals surface area contributed by atoms with Crippen molar-refractivity contribution in [3.8, 4) is 11.3 Å². The minimum Gasteiger partial charge on any atom is -0.478 e. The van der Waals surface area contributed by atoms with Gasteiger partial charge in [0.15, 0.2) is 0 Å². The molecule has 39 heavy (non-hydrogen) atoms. The lowest BCUT2D eigenvalue weighted by atomic mass is 10.1. The number of imidazole rings is 1. The first-order valence-corrected chi connectivity index (χ1v) is 13.4. The number of aromatic nitrogens is 3. The monoisotopic (exact) mass is 523 g/mol. The molecule has 0 aliphatic carbocycles. The second-order valence-electron chi connectivity index (χ2n) is 10.2. The summed E-state index contributed by atoms with van der Waals surface area (Å²) in [4.78, 5) is 26.0. The van der Waals surface area contributed by atoms with Crippen LogP contribution >= 0.6 is 0 Å². The van der Waals surface area contributed by atoms with Crippen molar-refractivity contribution in [3.63, 3.8) is 0 Å². The van der Waals surface area contributed by atoms with Crippen LogP contribution < -0.4 is 4.90 Å². The summed E-state index contributed by atoms with van der Waals surface area (Å²) in [5.74, 6) is 1.76. The van der Waals surface area contributed by atoms with Gasteiger partial charge in [0.2, 0.25) is 5.71 Å². The maximum Gasteiger partial charge on any atom is 0.335 e. The second-order valence-corrected chi connectivity index (χ2v) is 10.2. The van der Waals surface area contributed by atoms with E-state index in [1.54, 1.807) is 18.2 Å². The number of rotatable bonds is 7. The fourth-order valence-electron chi connectivity index (χ4n) is 5.43. The Balaban J connectivity index is 1.07. The number of hydrogen-bond donors (Lipinski definition) is 1. The fraction of sp³-hybridized carbons (Fsp3) is 0.300. The summed E-state index contributed by atoms with van der Waals surface area (Å²) in [7, 11) is 0. The summed E-state index contributed by atoms with van der Waals surface area (Å²) >= 11 is 0. The van der Waals surface area contributed by atoms with Crippen molar-refractivity contribution >= 4 is 33.9 Å². The van der Waals surface area contributed by atoms with Gasteiger partial charge in [-0.05, 0) is 42.8 Å². The first kappa shape index (κ1) is 23.9. The molecule has 2 fully saturated rings. The summed E-state index contributed by atoms with van der Waals surface area (Å²) in [6, 6.07) is 21.4. The average Bonchev–Trinajstić information content (AvgIpc) is 3.52. The minimum atomic E-state index is -0.931. The average molecular weight is 524 g/mol. The Labute approximate surface area is 225 Å². The van der Waals surface area contributed by atoms with Crippen LogP contribution in [0.25, 0.3) is 33.5 Å². The number of piperazine rings is 1. The number of nitrogens with zero attached hydrogens (tertiary/aromatic N) is 5. The summed E-state index contributed by atoms with van der Waals surface area (Å²) in [5, 5.41) is 10.5. The molecule has 1 atom stereocenters. The number of aromatic carboxylic acids is 1. The molecule has 9 nitrogen and oxygen atoms in total. The third-order valence-corrected chi connectivity index (χ3v) is 7.74. The minimum absolute atomic E-state index is 0.150. The van der Waals surface area contributed by atoms with Crippen LogP contribution in [-0.4, -0.2) is 69.4 Å². The Bertz CT molecular complexity index is 1650. The van der Waals surface area contributed by atoms with E-state index in [1.807, 2.05) is 36.4 Å². The normalized spacial score (nSPS) is 18.1. The zero-order valence-electron chi connectivity index (χ0n) is 21.5. The first-order valence-electron chi connectivity index (χ1n) is 13.4. The van der Waals surface area contributed by atoms with E-state index in [2.05, 4.69) is 26.5 Å². The molecule has 5 heterocycles. The van der Waals surface area contributed by atoms with Gasteiger partial charge in [-0.25, -0.2) is 9.78 Å². The van der Waals surface area contributed by atoms with Crippen molar-refractivity contribution in [2.75, 3.05) is 37.7 Å². The van der Waals surface area contributed by atoms with E-state index in [4.69, 9.17) is 19.1 Å². The Kier molecular flexibility index (Phi) is 6.02. The topological polar surface area (TPSA) is 96.9 Å². The van der Waals surface area contributed by atoms with Gasteiger partial charge in [-0.3, -0.25) is 4.90 Å². The molecule has 9 heteroatoms. The van der Waals surface area contributed by atoms with Crippen LogP contribution in [0.3, 0.4) is 0 Å². The molecule has 5 aromatic rings. The van der Waals surface area contributed by atoms with Crippen LogP contribution in [-0.2, 0) is 17.8 Å². The smallest absolute Gasteiger partial charge is 0.335 e. The highest BCUT2D eigenvalue weighted by Gasteiger charge is 2.25. The molecule has 2 aromatic carbocycles. The highest BCUT2D eigenvalue weighted by atomic mass is 16.5. The van der Waals surface area contributed by atoms with Crippen molar-refractivity contribution in [3.05, 3.63) is 78.1 Å². The van der Waals surface area contributed by atoms with Crippen LogP contribution in [0.5, 0.6) is 0 Å². The van der Waals surface area contributed by atoms with Crippen LogP contribution in [0.4, 0.5) is 5.82 Å². The molecule has 0 unspecified atom stereocenters. The highest BCUT2D eigenvalue weighted by molar-refractivity contribution is 5.92.